The van der Waals surface area contributed by atoms with Crippen LogP contribution in [0.5, 0.6) is 5.75 Å². The summed E-state index contributed by atoms with van der Waals surface area (Å²) in [6.07, 6.45) is 11.0. The van der Waals surface area contributed by atoms with E-state index in [2.05, 4.69) is 10.9 Å². The second-order valence-corrected chi connectivity index (χ2v) is 9.35. The number of pyridine rings is 1. The van der Waals surface area contributed by atoms with Crippen molar-refractivity contribution < 1.29 is 19.1 Å². The number of benzene rings is 1. The maximum atomic E-state index is 14.0. The Morgan fingerprint density at radius 3 is 2.54 bits per heavy atom. The second-order valence-electron chi connectivity index (χ2n) is 8.54. The molecule has 1 amide bonds. The number of amides is 1. The first-order chi connectivity index (χ1) is 16.7. The molecule has 0 unspecified atom stereocenters. The van der Waals surface area contributed by atoms with Gasteiger partial charge in [0.25, 0.3) is 5.91 Å². The maximum Gasteiger partial charge on any atom is 0.335 e. The van der Waals surface area contributed by atoms with E-state index in [1.165, 1.54) is 0 Å². The van der Waals surface area contributed by atoms with Crippen molar-refractivity contribution in [1.82, 2.24) is 4.98 Å². The Kier molecular flexibility index (Phi) is 9.20. The Hall–Kier alpha value is -3.01. The van der Waals surface area contributed by atoms with Crippen molar-refractivity contribution in [3.63, 3.8) is 0 Å². The predicted molar refractivity (Wildman–Crippen MR) is 138 cm³/mol. The highest BCUT2D eigenvalue weighted by Gasteiger charge is 2.30. The summed E-state index contributed by atoms with van der Waals surface area (Å²) in [6, 6.07) is 5.09. The number of aromatic nitrogens is 1. The number of nitrogens with zero attached hydrogens (tertiary/aromatic N) is 2. The van der Waals surface area contributed by atoms with Crippen LogP contribution in [0.2, 0.25) is 10.0 Å². The van der Waals surface area contributed by atoms with Gasteiger partial charge in [-0.05, 0) is 69.7 Å². The van der Waals surface area contributed by atoms with Gasteiger partial charge in [0, 0.05) is 29.6 Å². The third-order valence-corrected chi connectivity index (χ3v) is 6.23. The number of carbonyl (C=O) groups excluding carboxylic acids is 2. The van der Waals surface area contributed by atoms with Crippen molar-refractivity contribution in [2.24, 2.45) is 0 Å². The molecule has 184 valence electrons. The van der Waals surface area contributed by atoms with Gasteiger partial charge in [0.15, 0.2) is 6.61 Å². The lowest BCUT2D eigenvalue weighted by Gasteiger charge is -2.29. The SMILES string of the molecule is C#CCOC(=O)C1=C(C(=O)N(Cc2cnccc2C)c2cc(OC(C)C)c(Cl)cc2Cl)CCCC1. The van der Waals surface area contributed by atoms with Crippen molar-refractivity contribution in [2.75, 3.05) is 11.5 Å². The van der Waals surface area contributed by atoms with E-state index in [-0.39, 0.29) is 30.2 Å². The van der Waals surface area contributed by atoms with E-state index >= 15 is 0 Å². The zero-order valence-electron chi connectivity index (χ0n) is 20.1. The van der Waals surface area contributed by atoms with Crippen molar-refractivity contribution >= 4 is 40.8 Å². The Balaban J connectivity index is 2.13. The first-order valence-electron chi connectivity index (χ1n) is 11.4. The van der Waals surface area contributed by atoms with Gasteiger partial charge in [-0.2, -0.15) is 0 Å². The number of terminal acetylenes is 1. The van der Waals surface area contributed by atoms with Crippen LogP contribution < -0.4 is 9.64 Å². The molecule has 1 aliphatic carbocycles. The van der Waals surface area contributed by atoms with Crippen molar-refractivity contribution in [1.29, 1.82) is 0 Å². The van der Waals surface area contributed by atoms with Crippen LogP contribution in [-0.4, -0.2) is 29.6 Å². The predicted octanol–water partition coefficient (Wildman–Crippen LogP) is 6.06. The molecule has 1 aliphatic rings. The Labute approximate surface area is 216 Å². The number of aryl methyl sites for hydroxylation is 1. The molecule has 3 rings (SSSR count). The minimum absolute atomic E-state index is 0.134. The lowest BCUT2D eigenvalue weighted by atomic mass is 9.90. The summed E-state index contributed by atoms with van der Waals surface area (Å²) in [6.45, 7) is 5.75. The molecule has 0 radical (unpaired) electrons. The fourth-order valence-electron chi connectivity index (χ4n) is 3.89. The molecule has 1 heterocycles. The van der Waals surface area contributed by atoms with Gasteiger partial charge in [0.1, 0.15) is 5.75 Å². The Morgan fingerprint density at radius 1 is 1.17 bits per heavy atom. The molecule has 1 aromatic carbocycles. The van der Waals surface area contributed by atoms with Crippen LogP contribution in [0.25, 0.3) is 0 Å². The number of rotatable bonds is 8. The summed E-state index contributed by atoms with van der Waals surface area (Å²) in [5.74, 6) is 1.81. The van der Waals surface area contributed by atoms with Crippen molar-refractivity contribution in [3.05, 3.63) is 62.9 Å². The van der Waals surface area contributed by atoms with E-state index in [0.29, 0.717) is 40.4 Å². The zero-order valence-corrected chi connectivity index (χ0v) is 21.6. The molecule has 0 spiro atoms. The lowest BCUT2D eigenvalue weighted by Crippen LogP contribution is -2.34. The number of carbonyl (C=O) groups is 2. The maximum absolute atomic E-state index is 14.0. The van der Waals surface area contributed by atoms with Gasteiger partial charge >= 0.3 is 5.97 Å². The highest BCUT2D eigenvalue weighted by atomic mass is 35.5. The Bertz CT molecular complexity index is 1180. The van der Waals surface area contributed by atoms with E-state index in [1.807, 2.05) is 26.8 Å². The first kappa shape index (κ1) is 26.6. The van der Waals surface area contributed by atoms with E-state index in [0.717, 1.165) is 24.0 Å². The summed E-state index contributed by atoms with van der Waals surface area (Å²) >= 11 is 13.0. The van der Waals surface area contributed by atoms with Crippen LogP contribution in [0.15, 0.2) is 41.7 Å². The molecule has 2 aromatic rings. The van der Waals surface area contributed by atoms with Crippen LogP contribution in [-0.2, 0) is 20.9 Å². The average Bonchev–Trinajstić information content (AvgIpc) is 2.83. The van der Waals surface area contributed by atoms with Gasteiger partial charge in [-0.3, -0.25) is 9.78 Å². The molecule has 8 heteroatoms. The van der Waals surface area contributed by atoms with Gasteiger partial charge in [-0.25, -0.2) is 4.79 Å². The standard InChI is InChI=1S/C27H28Cl2N2O4/c1-5-12-34-27(33)21-9-7-6-8-20(21)26(32)31(16-19-15-30-11-10-18(19)4)24-14-25(35-17(2)3)23(29)13-22(24)28/h1,10-11,13-15,17H,6-9,12,16H2,2-4H3. The number of esters is 1. The molecular formula is C27H28Cl2N2O4. The van der Waals surface area contributed by atoms with E-state index in [4.69, 9.17) is 39.1 Å². The van der Waals surface area contributed by atoms with Gasteiger partial charge in [0.2, 0.25) is 0 Å². The largest absolute Gasteiger partial charge is 0.489 e. The average molecular weight is 515 g/mol. The van der Waals surface area contributed by atoms with Gasteiger partial charge in [-0.15, -0.1) is 6.42 Å². The smallest absolute Gasteiger partial charge is 0.335 e. The molecule has 35 heavy (non-hydrogen) atoms. The lowest BCUT2D eigenvalue weighted by molar-refractivity contribution is -0.138. The van der Waals surface area contributed by atoms with Crippen LogP contribution in [0.3, 0.4) is 0 Å². The monoisotopic (exact) mass is 514 g/mol. The first-order valence-corrected chi connectivity index (χ1v) is 12.2. The van der Waals surface area contributed by atoms with Crippen LogP contribution in [0, 0.1) is 19.3 Å². The quantitative estimate of drug-likeness (QED) is 0.316. The number of hydrogen-bond donors (Lipinski definition) is 0. The molecule has 0 saturated carbocycles. The fourth-order valence-corrected chi connectivity index (χ4v) is 4.42. The summed E-state index contributed by atoms with van der Waals surface area (Å²) in [7, 11) is 0. The second kappa shape index (κ2) is 12.1. The number of anilines is 1. The molecule has 0 saturated heterocycles. The highest BCUT2D eigenvalue weighted by Crippen LogP contribution is 2.39. The summed E-state index contributed by atoms with van der Waals surface area (Å²) in [5.41, 5.74) is 2.98. The molecule has 1 aromatic heterocycles. The molecule has 0 atom stereocenters. The summed E-state index contributed by atoms with van der Waals surface area (Å²) < 4.78 is 11.0. The third-order valence-electron chi connectivity index (χ3n) is 5.63. The normalized spacial score (nSPS) is 13.4. The van der Waals surface area contributed by atoms with E-state index in [1.54, 1.807) is 29.4 Å². The van der Waals surface area contributed by atoms with Gasteiger partial charge in [-0.1, -0.05) is 29.1 Å². The van der Waals surface area contributed by atoms with E-state index < -0.39 is 5.97 Å². The Morgan fingerprint density at radius 2 is 1.89 bits per heavy atom. The topological polar surface area (TPSA) is 68.7 Å². The molecule has 0 bridgehead atoms. The molecule has 0 aliphatic heterocycles. The van der Waals surface area contributed by atoms with Crippen LogP contribution >= 0.6 is 23.2 Å². The molecule has 6 nitrogen and oxygen atoms in total. The highest BCUT2D eigenvalue weighted by molar-refractivity contribution is 6.37. The minimum Gasteiger partial charge on any atom is -0.489 e. The third kappa shape index (κ3) is 6.56. The zero-order chi connectivity index (χ0) is 25.5. The fraction of sp³-hybridized carbons (Fsp3) is 0.370. The molecular weight excluding hydrogens is 487 g/mol. The minimum atomic E-state index is -0.561. The number of hydrogen-bond acceptors (Lipinski definition) is 5. The number of ether oxygens (including phenoxy) is 2. The molecule has 0 N–H and O–H groups in total. The van der Waals surface area contributed by atoms with Gasteiger partial charge in [0.05, 0.1) is 28.4 Å². The van der Waals surface area contributed by atoms with Crippen LogP contribution in [0.4, 0.5) is 5.69 Å². The number of halogens is 2. The van der Waals surface area contributed by atoms with Crippen LogP contribution in [0.1, 0.15) is 50.7 Å². The van der Waals surface area contributed by atoms with Crippen molar-refractivity contribution in [3.8, 4) is 18.1 Å². The van der Waals surface area contributed by atoms with Crippen molar-refractivity contribution in [2.45, 2.75) is 59.1 Å². The summed E-state index contributed by atoms with van der Waals surface area (Å²) in [5, 5.41) is 0.627. The van der Waals surface area contributed by atoms with E-state index in [9.17, 15) is 9.59 Å². The summed E-state index contributed by atoms with van der Waals surface area (Å²) in [4.78, 5) is 32.5. The van der Waals surface area contributed by atoms with Gasteiger partial charge < -0.3 is 14.4 Å². The molecule has 0 fully saturated rings.